The first-order valence-corrected chi connectivity index (χ1v) is 5.54. The summed E-state index contributed by atoms with van der Waals surface area (Å²) in [5, 5.41) is 0.411. The molecule has 0 amide bonds. The molecule has 0 aliphatic rings. The van der Waals surface area contributed by atoms with Crippen LogP contribution in [-0.4, -0.2) is 19.5 Å². The summed E-state index contributed by atoms with van der Waals surface area (Å²) in [4.78, 5) is 12.3. The molecule has 0 atom stereocenters. The first-order chi connectivity index (χ1) is 8.25. The molecule has 3 aromatic rings. The fourth-order valence-corrected chi connectivity index (χ4v) is 2.01. The maximum Gasteiger partial charge on any atom is 0.182 e. The fourth-order valence-electron chi connectivity index (χ4n) is 1.79. The quantitative estimate of drug-likeness (QED) is 0.618. The molecular formula is C12H9ClN4. The molecule has 0 saturated carbocycles. The topological polar surface area (TPSA) is 43.6 Å². The number of fused-ring (bicyclic) bond motifs is 1. The monoisotopic (exact) mass is 244 g/mol. The molecule has 84 valence electrons. The molecule has 0 saturated heterocycles. The van der Waals surface area contributed by atoms with Crippen molar-refractivity contribution in [2.45, 2.75) is 6.92 Å². The van der Waals surface area contributed by atoms with Gasteiger partial charge in [-0.15, -0.1) is 0 Å². The van der Waals surface area contributed by atoms with Gasteiger partial charge in [0.15, 0.2) is 10.8 Å². The second-order valence-electron chi connectivity index (χ2n) is 3.79. The summed E-state index contributed by atoms with van der Waals surface area (Å²) < 4.78 is 1.89. The summed E-state index contributed by atoms with van der Waals surface area (Å²) >= 11 is 6.08. The van der Waals surface area contributed by atoms with Gasteiger partial charge in [0.2, 0.25) is 0 Å². The van der Waals surface area contributed by atoms with E-state index in [1.165, 1.54) is 11.9 Å². The van der Waals surface area contributed by atoms with Gasteiger partial charge >= 0.3 is 0 Å². The highest BCUT2D eigenvalue weighted by atomic mass is 35.5. The number of rotatable bonds is 1. The van der Waals surface area contributed by atoms with Gasteiger partial charge in [-0.05, 0) is 24.6 Å². The van der Waals surface area contributed by atoms with Crippen molar-refractivity contribution in [2.24, 2.45) is 0 Å². The van der Waals surface area contributed by atoms with Crippen LogP contribution in [0.3, 0.4) is 0 Å². The molecule has 2 heterocycles. The van der Waals surface area contributed by atoms with Crippen molar-refractivity contribution >= 4 is 22.8 Å². The Labute approximate surface area is 103 Å². The Balaban J connectivity index is 2.31. The fraction of sp³-hybridized carbons (Fsp3) is 0.0833. The molecular weight excluding hydrogens is 236 g/mol. The number of halogens is 1. The second-order valence-corrected chi connectivity index (χ2v) is 4.15. The van der Waals surface area contributed by atoms with Crippen LogP contribution in [0.25, 0.3) is 16.9 Å². The normalized spacial score (nSPS) is 10.9. The summed E-state index contributed by atoms with van der Waals surface area (Å²) in [5.74, 6) is 0. The van der Waals surface area contributed by atoms with Crippen LogP contribution in [0.5, 0.6) is 0 Å². The van der Waals surface area contributed by atoms with Crippen LogP contribution in [0, 0.1) is 6.92 Å². The zero-order chi connectivity index (χ0) is 11.8. The molecule has 3 rings (SSSR count). The van der Waals surface area contributed by atoms with Crippen molar-refractivity contribution in [1.82, 2.24) is 19.5 Å². The van der Waals surface area contributed by atoms with Gasteiger partial charge in [-0.1, -0.05) is 23.7 Å². The van der Waals surface area contributed by atoms with E-state index in [1.807, 2.05) is 29.7 Å². The van der Waals surface area contributed by atoms with Crippen molar-refractivity contribution in [3.05, 3.63) is 47.6 Å². The zero-order valence-electron chi connectivity index (χ0n) is 9.13. The number of imidazole rings is 1. The lowest BCUT2D eigenvalue weighted by Gasteiger charge is -2.05. The van der Waals surface area contributed by atoms with Crippen LogP contribution in [0.4, 0.5) is 0 Å². The number of hydrogen-bond acceptors (Lipinski definition) is 3. The first kappa shape index (κ1) is 10.2. The molecule has 0 N–H and O–H groups in total. The van der Waals surface area contributed by atoms with Crippen molar-refractivity contribution in [3.8, 4) is 5.69 Å². The predicted octanol–water partition coefficient (Wildman–Crippen LogP) is 2.78. The largest absolute Gasteiger partial charge is 0.295 e. The van der Waals surface area contributed by atoms with Gasteiger partial charge < -0.3 is 0 Å². The van der Waals surface area contributed by atoms with E-state index < -0.39 is 0 Å². The van der Waals surface area contributed by atoms with Gasteiger partial charge in [-0.3, -0.25) is 4.57 Å². The summed E-state index contributed by atoms with van der Waals surface area (Å²) in [6.07, 6.45) is 3.12. The Bertz CT molecular complexity index is 690. The van der Waals surface area contributed by atoms with Gasteiger partial charge in [0.25, 0.3) is 0 Å². The number of nitrogens with zero attached hydrogens (tertiary/aromatic N) is 4. The summed E-state index contributed by atoms with van der Waals surface area (Å²) in [5.41, 5.74) is 3.52. The third kappa shape index (κ3) is 1.66. The average molecular weight is 245 g/mol. The van der Waals surface area contributed by atoms with Crippen molar-refractivity contribution in [3.63, 3.8) is 0 Å². The van der Waals surface area contributed by atoms with Crippen molar-refractivity contribution < 1.29 is 0 Å². The highest BCUT2D eigenvalue weighted by Crippen LogP contribution is 2.22. The van der Waals surface area contributed by atoms with Crippen LogP contribution in [0.1, 0.15) is 5.56 Å². The van der Waals surface area contributed by atoms with E-state index in [2.05, 4.69) is 21.0 Å². The van der Waals surface area contributed by atoms with E-state index in [-0.39, 0.29) is 0 Å². The molecule has 4 nitrogen and oxygen atoms in total. The minimum atomic E-state index is 0.411. The Morgan fingerprint density at radius 2 is 2.06 bits per heavy atom. The van der Waals surface area contributed by atoms with E-state index in [1.54, 1.807) is 6.33 Å². The van der Waals surface area contributed by atoms with Gasteiger partial charge in [0, 0.05) is 5.69 Å². The highest BCUT2D eigenvalue weighted by Gasteiger charge is 2.09. The van der Waals surface area contributed by atoms with E-state index >= 15 is 0 Å². The zero-order valence-corrected chi connectivity index (χ0v) is 9.89. The van der Waals surface area contributed by atoms with Crippen molar-refractivity contribution in [2.75, 3.05) is 0 Å². The van der Waals surface area contributed by atoms with Gasteiger partial charge in [0.05, 0.1) is 0 Å². The van der Waals surface area contributed by atoms with Crippen LogP contribution in [0.15, 0.2) is 36.9 Å². The number of benzene rings is 1. The van der Waals surface area contributed by atoms with E-state index in [0.29, 0.717) is 10.8 Å². The molecule has 1 aromatic carbocycles. The van der Waals surface area contributed by atoms with Crippen LogP contribution < -0.4 is 0 Å². The molecule has 0 spiro atoms. The van der Waals surface area contributed by atoms with E-state index in [9.17, 15) is 0 Å². The minimum Gasteiger partial charge on any atom is -0.295 e. The second kappa shape index (κ2) is 3.82. The lowest BCUT2D eigenvalue weighted by Crippen LogP contribution is -1.94. The maximum atomic E-state index is 6.08. The highest BCUT2D eigenvalue weighted by molar-refractivity contribution is 6.33. The van der Waals surface area contributed by atoms with Gasteiger partial charge in [-0.2, -0.15) is 0 Å². The van der Waals surface area contributed by atoms with E-state index in [0.717, 1.165) is 11.2 Å². The summed E-state index contributed by atoms with van der Waals surface area (Å²) in [7, 11) is 0. The Kier molecular flexibility index (Phi) is 2.30. The molecule has 2 aromatic heterocycles. The maximum absolute atomic E-state index is 6.08. The van der Waals surface area contributed by atoms with Crippen LogP contribution in [-0.2, 0) is 0 Å². The van der Waals surface area contributed by atoms with Crippen LogP contribution in [0.2, 0.25) is 5.15 Å². The predicted molar refractivity (Wildman–Crippen MR) is 66.4 cm³/mol. The molecule has 0 bridgehead atoms. The van der Waals surface area contributed by atoms with Crippen molar-refractivity contribution in [1.29, 1.82) is 0 Å². The molecule has 0 aliphatic carbocycles. The molecule has 0 unspecified atom stereocenters. The lowest BCUT2D eigenvalue weighted by molar-refractivity contribution is 1.08. The van der Waals surface area contributed by atoms with Gasteiger partial charge in [0.1, 0.15) is 18.2 Å². The van der Waals surface area contributed by atoms with E-state index in [4.69, 9.17) is 11.6 Å². The SMILES string of the molecule is Cc1cccc(-n2cnc3ncnc(Cl)c32)c1. The number of aromatic nitrogens is 4. The Morgan fingerprint density at radius 3 is 2.88 bits per heavy atom. The standard InChI is InChI=1S/C12H9ClN4/c1-8-3-2-4-9(5-8)17-7-16-12-10(17)11(13)14-6-15-12/h2-7H,1H3. The minimum absolute atomic E-state index is 0.411. The van der Waals surface area contributed by atoms with Gasteiger partial charge in [-0.25, -0.2) is 15.0 Å². The molecule has 0 fully saturated rings. The van der Waals surface area contributed by atoms with Crippen LogP contribution >= 0.6 is 11.6 Å². The summed E-state index contributed by atoms with van der Waals surface area (Å²) in [6, 6.07) is 8.09. The average Bonchev–Trinajstić information content (AvgIpc) is 2.74. The Morgan fingerprint density at radius 1 is 1.18 bits per heavy atom. The smallest absolute Gasteiger partial charge is 0.182 e. The third-order valence-corrected chi connectivity index (χ3v) is 2.85. The number of hydrogen-bond donors (Lipinski definition) is 0. The molecule has 5 heteroatoms. The lowest BCUT2D eigenvalue weighted by atomic mass is 10.2. The molecule has 0 aliphatic heterocycles. The first-order valence-electron chi connectivity index (χ1n) is 5.16. The summed E-state index contributed by atoms with van der Waals surface area (Å²) in [6.45, 7) is 2.04. The Hall–Kier alpha value is -1.94. The third-order valence-electron chi connectivity index (χ3n) is 2.57. The molecule has 0 radical (unpaired) electrons. The molecule has 17 heavy (non-hydrogen) atoms. The number of aryl methyl sites for hydroxylation is 1.